The molecule has 0 radical (unpaired) electrons. The van der Waals surface area contributed by atoms with Gasteiger partial charge in [0.2, 0.25) is 0 Å². The molecule has 2 nitrogen and oxygen atoms in total. The molecule has 3 heteroatoms. The van der Waals surface area contributed by atoms with Crippen LogP contribution in [0.4, 0.5) is 0 Å². The number of hydrogen-bond donors (Lipinski definition) is 0. The Morgan fingerprint density at radius 2 is 1.46 bits per heavy atom. The van der Waals surface area contributed by atoms with Crippen molar-refractivity contribution in [2.45, 2.75) is 27.7 Å². The average molecular weight is 209 g/mol. The molecular weight excluding hydrogens is 188 g/mol. The Balaban J connectivity index is 3.31. The highest BCUT2D eigenvalue weighted by molar-refractivity contribution is 6.18. The van der Waals surface area contributed by atoms with Crippen LogP contribution in [0.5, 0.6) is 0 Å². The molecule has 0 fully saturated rings. The van der Waals surface area contributed by atoms with Crippen molar-refractivity contribution in [2.24, 2.45) is 17.8 Å². The molecule has 0 aliphatic heterocycles. The van der Waals surface area contributed by atoms with Crippen LogP contribution in [0.1, 0.15) is 27.7 Å². The van der Waals surface area contributed by atoms with Gasteiger partial charge in [0.1, 0.15) is 0 Å². The lowest BCUT2D eigenvalue weighted by molar-refractivity contribution is -0.307. The molecule has 0 spiro atoms. The predicted molar refractivity (Wildman–Crippen MR) is 55.8 cm³/mol. The summed E-state index contributed by atoms with van der Waals surface area (Å²) in [4.78, 5) is 10.1. The van der Waals surface area contributed by atoms with E-state index in [2.05, 4.69) is 27.7 Å². The van der Waals surface area contributed by atoms with Crippen molar-refractivity contribution < 1.29 is 9.78 Å². The fourth-order valence-electron chi connectivity index (χ4n) is 0.656. The van der Waals surface area contributed by atoms with Gasteiger partial charge in [-0.15, -0.1) is 11.6 Å². The molecule has 0 rings (SSSR count). The zero-order valence-corrected chi connectivity index (χ0v) is 9.80. The predicted octanol–water partition coefficient (Wildman–Crippen LogP) is 3.10. The van der Waals surface area contributed by atoms with Crippen LogP contribution in [0.2, 0.25) is 0 Å². The molecule has 0 heterocycles. The molecule has 0 aliphatic carbocycles. The lowest BCUT2D eigenvalue weighted by Crippen LogP contribution is -2.17. The molecule has 0 N–H and O–H groups in total. The monoisotopic (exact) mass is 208 g/mol. The highest BCUT2D eigenvalue weighted by Crippen LogP contribution is 2.12. The summed E-state index contributed by atoms with van der Waals surface area (Å²) in [5.41, 5.74) is 0. The van der Waals surface area contributed by atoms with Crippen LogP contribution < -0.4 is 0 Å². The van der Waals surface area contributed by atoms with Crippen molar-refractivity contribution in [3.8, 4) is 0 Å². The van der Waals surface area contributed by atoms with Gasteiger partial charge in [-0.3, -0.25) is 0 Å². The van der Waals surface area contributed by atoms with Crippen molar-refractivity contribution in [1.29, 1.82) is 0 Å². The summed E-state index contributed by atoms with van der Waals surface area (Å²) in [6.45, 7) is 9.69. The summed E-state index contributed by atoms with van der Waals surface area (Å²) in [6, 6.07) is 0. The van der Waals surface area contributed by atoms with Crippen LogP contribution in [0.3, 0.4) is 0 Å². The van der Waals surface area contributed by atoms with E-state index in [1.54, 1.807) is 0 Å². The highest BCUT2D eigenvalue weighted by Gasteiger charge is 2.11. The maximum atomic E-state index is 5.71. The van der Waals surface area contributed by atoms with Gasteiger partial charge in [-0.1, -0.05) is 27.7 Å². The Hall–Kier alpha value is 0.210. The normalized spacial score (nSPS) is 16.2. The second kappa shape index (κ2) is 7.60. The lowest BCUT2D eigenvalue weighted by atomic mass is 9.99. The van der Waals surface area contributed by atoms with Gasteiger partial charge in [0, 0.05) is 5.88 Å². The van der Waals surface area contributed by atoms with Crippen LogP contribution in [-0.2, 0) is 9.78 Å². The van der Waals surface area contributed by atoms with Crippen LogP contribution in [-0.4, -0.2) is 19.1 Å². The summed E-state index contributed by atoms with van der Waals surface area (Å²) in [5, 5.41) is 0. The van der Waals surface area contributed by atoms with E-state index in [1.165, 1.54) is 0 Å². The maximum absolute atomic E-state index is 5.71. The van der Waals surface area contributed by atoms with E-state index in [-0.39, 0.29) is 0 Å². The van der Waals surface area contributed by atoms with E-state index in [1.807, 2.05) is 0 Å². The molecule has 0 saturated heterocycles. The van der Waals surface area contributed by atoms with Gasteiger partial charge in [-0.25, -0.2) is 9.78 Å². The van der Waals surface area contributed by atoms with Crippen LogP contribution in [0.25, 0.3) is 0 Å². The Bertz CT molecular complexity index is 117. The maximum Gasteiger partial charge on any atom is 0.0850 e. The minimum absolute atomic E-state index is 0.449. The molecule has 80 valence electrons. The fraction of sp³-hybridized carbons (Fsp3) is 1.00. The first-order valence-corrected chi connectivity index (χ1v) is 5.41. The van der Waals surface area contributed by atoms with Crippen molar-refractivity contribution >= 4 is 11.6 Å². The number of rotatable bonds is 7. The minimum Gasteiger partial charge on any atom is -0.236 e. The topological polar surface area (TPSA) is 18.5 Å². The van der Waals surface area contributed by atoms with Crippen molar-refractivity contribution in [1.82, 2.24) is 0 Å². The first-order valence-electron chi connectivity index (χ1n) is 4.88. The fourth-order valence-corrected chi connectivity index (χ4v) is 0.960. The van der Waals surface area contributed by atoms with E-state index in [9.17, 15) is 0 Å². The van der Waals surface area contributed by atoms with Gasteiger partial charge in [-0.2, -0.15) is 0 Å². The Morgan fingerprint density at radius 1 is 0.923 bits per heavy atom. The molecule has 2 atom stereocenters. The first-order chi connectivity index (χ1) is 6.07. The number of hydrogen-bond acceptors (Lipinski definition) is 2. The summed E-state index contributed by atoms with van der Waals surface area (Å²) >= 11 is 5.71. The summed E-state index contributed by atoms with van der Waals surface area (Å²) in [7, 11) is 0. The molecule has 13 heavy (non-hydrogen) atoms. The van der Waals surface area contributed by atoms with Gasteiger partial charge in [0.05, 0.1) is 13.2 Å². The van der Waals surface area contributed by atoms with Crippen LogP contribution >= 0.6 is 11.6 Å². The van der Waals surface area contributed by atoms with Gasteiger partial charge < -0.3 is 0 Å². The molecule has 0 aromatic carbocycles. The zero-order chi connectivity index (χ0) is 10.3. The van der Waals surface area contributed by atoms with E-state index in [0.717, 1.165) is 0 Å². The Labute approximate surface area is 86.5 Å². The van der Waals surface area contributed by atoms with Crippen LogP contribution in [0.15, 0.2) is 0 Å². The molecule has 0 bridgehead atoms. The Kier molecular flexibility index (Phi) is 7.72. The summed E-state index contributed by atoms with van der Waals surface area (Å²) < 4.78 is 0. The second-order valence-electron chi connectivity index (χ2n) is 4.07. The average Bonchev–Trinajstić information content (AvgIpc) is 2.10. The smallest absolute Gasteiger partial charge is 0.0850 e. The third-order valence-corrected chi connectivity index (χ3v) is 2.52. The van der Waals surface area contributed by atoms with E-state index in [0.29, 0.717) is 36.8 Å². The number of alkyl halides is 1. The van der Waals surface area contributed by atoms with E-state index < -0.39 is 0 Å². The second-order valence-corrected chi connectivity index (χ2v) is 4.38. The molecule has 0 aromatic rings. The quantitative estimate of drug-likeness (QED) is 0.277. The van der Waals surface area contributed by atoms with E-state index >= 15 is 0 Å². The van der Waals surface area contributed by atoms with Gasteiger partial charge in [0.25, 0.3) is 0 Å². The SMILES string of the molecule is CC(C)COOC[C@H](C)C(C)CCl. The van der Waals surface area contributed by atoms with Gasteiger partial charge >= 0.3 is 0 Å². The molecular formula is C10H21ClO2. The zero-order valence-electron chi connectivity index (χ0n) is 9.05. The van der Waals surface area contributed by atoms with E-state index in [4.69, 9.17) is 21.4 Å². The first kappa shape index (κ1) is 13.2. The van der Waals surface area contributed by atoms with Crippen molar-refractivity contribution in [3.63, 3.8) is 0 Å². The largest absolute Gasteiger partial charge is 0.236 e. The van der Waals surface area contributed by atoms with Crippen molar-refractivity contribution in [2.75, 3.05) is 19.1 Å². The third-order valence-electron chi connectivity index (χ3n) is 2.03. The molecule has 0 saturated carbocycles. The molecule has 1 unspecified atom stereocenters. The van der Waals surface area contributed by atoms with Crippen LogP contribution in [0, 0.1) is 17.8 Å². The summed E-state index contributed by atoms with van der Waals surface area (Å²) in [6.07, 6.45) is 0. The molecule has 0 amide bonds. The van der Waals surface area contributed by atoms with Crippen molar-refractivity contribution in [3.05, 3.63) is 0 Å². The van der Waals surface area contributed by atoms with Gasteiger partial charge in [-0.05, 0) is 17.8 Å². The van der Waals surface area contributed by atoms with Gasteiger partial charge in [0.15, 0.2) is 0 Å². The Morgan fingerprint density at radius 3 is 1.92 bits per heavy atom. The highest BCUT2D eigenvalue weighted by atomic mass is 35.5. The third kappa shape index (κ3) is 7.29. The molecule has 0 aromatic heterocycles. The lowest BCUT2D eigenvalue weighted by Gasteiger charge is -2.16. The molecule has 0 aliphatic rings. The summed E-state index contributed by atoms with van der Waals surface area (Å²) in [5.74, 6) is 2.11. The number of halogens is 1. The standard InChI is InChI=1S/C10H21ClO2/c1-8(2)6-12-13-7-10(4)9(3)5-11/h8-10H,5-7H2,1-4H3/t9?,10-/m0/s1. The minimum atomic E-state index is 0.449.